The minimum atomic E-state index is -1.24. The van der Waals surface area contributed by atoms with E-state index in [2.05, 4.69) is 4.90 Å². The van der Waals surface area contributed by atoms with Gasteiger partial charge in [-0.3, -0.25) is 4.79 Å². The highest BCUT2D eigenvalue weighted by atomic mass is 16.6. The Hall–Kier alpha value is -3.36. The van der Waals surface area contributed by atoms with Crippen molar-refractivity contribution in [2.75, 3.05) is 13.6 Å². The van der Waals surface area contributed by atoms with Crippen LogP contribution in [0.5, 0.6) is 11.5 Å². The predicted octanol–water partition coefficient (Wildman–Crippen LogP) is 3.15. The molecule has 5 atom stereocenters. The zero-order chi connectivity index (χ0) is 24.5. The number of rotatable bonds is 4. The second-order valence-electron chi connectivity index (χ2n) is 9.92. The largest absolute Gasteiger partial charge is 0.504 e. The molecule has 2 N–H and O–H groups in total. The Morgan fingerprint density at radius 3 is 2.67 bits per heavy atom. The van der Waals surface area contributed by atoms with Crippen molar-refractivity contribution in [3.8, 4) is 11.5 Å². The zero-order valence-electron chi connectivity index (χ0n) is 19.6. The highest BCUT2D eigenvalue weighted by molar-refractivity contribution is 5.81. The SMILES string of the molecule is C.CC(=O)O[C@H](C(=O)OC1=CC[C@@]2(O)[C@H]3Cc4ccc(O)c5c4[C@@]2(CCN3C)[C@H]1O5)c1ccccc1. The summed E-state index contributed by atoms with van der Waals surface area (Å²) in [6.07, 6.45) is 1.15. The zero-order valence-corrected chi connectivity index (χ0v) is 19.6. The predicted molar refractivity (Wildman–Crippen MR) is 130 cm³/mol. The molecule has 36 heavy (non-hydrogen) atoms. The van der Waals surface area contributed by atoms with E-state index in [1.807, 2.05) is 13.1 Å². The third kappa shape index (κ3) is 3.14. The van der Waals surface area contributed by atoms with Gasteiger partial charge in [0.15, 0.2) is 17.6 Å². The van der Waals surface area contributed by atoms with Crippen LogP contribution in [-0.4, -0.2) is 58.4 Å². The number of carbonyl (C=O) groups is 2. The van der Waals surface area contributed by atoms with Crippen LogP contribution in [0.3, 0.4) is 0 Å². The van der Waals surface area contributed by atoms with Gasteiger partial charge in [-0.25, -0.2) is 4.79 Å². The maximum absolute atomic E-state index is 13.3. The van der Waals surface area contributed by atoms with E-state index < -0.39 is 35.2 Å². The molecule has 0 radical (unpaired) electrons. The van der Waals surface area contributed by atoms with Crippen molar-refractivity contribution in [1.82, 2.24) is 4.90 Å². The molecule has 2 aromatic carbocycles. The van der Waals surface area contributed by atoms with Crippen molar-refractivity contribution in [1.29, 1.82) is 0 Å². The van der Waals surface area contributed by atoms with E-state index in [1.54, 1.807) is 42.5 Å². The first-order valence-electron chi connectivity index (χ1n) is 11.8. The van der Waals surface area contributed by atoms with Crippen LogP contribution in [0, 0.1) is 0 Å². The van der Waals surface area contributed by atoms with Gasteiger partial charge in [0.25, 0.3) is 0 Å². The Morgan fingerprint density at radius 1 is 1.19 bits per heavy atom. The summed E-state index contributed by atoms with van der Waals surface area (Å²) in [6.45, 7) is 1.96. The summed E-state index contributed by atoms with van der Waals surface area (Å²) in [5.41, 5.74) is 0.319. The molecule has 1 spiro atoms. The molecule has 0 aromatic heterocycles. The number of nitrogens with zero attached hydrogens (tertiary/aromatic N) is 1. The molecule has 0 amide bonds. The van der Waals surface area contributed by atoms with Crippen LogP contribution in [0.1, 0.15) is 50.0 Å². The normalized spacial score (nSPS) is 30.1. The van der Waals surface area contributed by atoms with Crippen LogP contribution >= 0.6 is 0 Å². The Morgan fingerprint density at radius 2 is 1.94 bits per heavy atom. The maximum atomic E-state index is 13.3. The minimum absolute atomic E-state index is 0. The van der Waals surface area contributed by atoms with Gasteiger partial charge in [0.1, 0.15) is 5.76 Å². The second-order valence-corrected chi connectivity index (χ2v) is 9.92. The highest BCUT2D eigenvalue weighted by Gasteiger charge is 2.72. The molecule has 8 nitrogen and oxygen atoms in total. The van der Waals surface area contributed by atoms with E-state index >= 15 is 0 Å². The maximum Gasteiger partial charge on any atom is 0.357 e. The molecule has 1 saturated heterocycles. The third-order valence-electron chi connectivity index (χ3n) is 8.17. The third-order valence-corrected chi connectivity index (χ3v) is 8.17. The van der Waals surface area contributed by atoms with Gasteiger partial charge >= 0.3 is 11.9 Å². The summed E-state index contributed by atoms with van der Waals surface area (Å²) >= 11 is 0. The second kappa shape index (κ2) is 8.35. The molecule has 2 aliphatic heterocycles. The average molecular weight is 494 g/mol. The number of esters is 2. The fourth-order valence-corrected chi connectivity index (χ4v) is 6.65. The quantitative estimate of drug-likeness (QED) is 0.626. The van der Waals surface area contributed by atoms with Crippen molar-refractivity contribution in [3.63, 3.8) is 0 Å². The first-order chi connectivity index (χ1) is 16.8. The number of aromatic hydroxyl groups is 1. The fourth-order valence-electron chi connectivity index (χ4n) is 6.65. The molecule has 0 saturated carbocycles. The van der Waals surface area contributed by atoms with E-state index in [4.69, 9.17) is 14.2 Å². The molecule has 2 heterocycles. The molecule has 2 aliphatic carbocycles. The van der Waals surface area contributed by atoms with Gasteiger partial charge in [-0.15, -0.1) is 0 Å². The number of aliphatic hydroxyl groups is 1. The molecule has 1 fully saturated rings. The first-order valence-corrected chi connectivity index (χ1v) is 11.8. The molecule has 6 rings (SSSR count). The van der Waals surface area contributed by atoms with Gasteiger partial charge in [-0.2, -0.15) is 0 Å². The van der Waals surface area contributed by atoms with Crippen LogP contribution in [0.15, 0.2) is 54.3 Å². The number of benzene rings is 2. The van der Waals surface area contributed by atoms with Crippen molar-refractivity contribution in [2.45, 2.75) is 62.9 Å². The number of phenolic OH excluding ortho intramolecular Hbond substituents is 1. The summed E-state index contributed by atoms with van der Waals surface area (Å²) < 4.78 is 17.5. The first kappa shape index (κ1) is 24.3. The fraction of sp³-hybridized carbons (Fsp3) is 0.429. The van der Waals surface area contributed by atoms with Crippen molar-refractivity contribution in [3.05, 3.63) is 71.0 Å². The Labute approximate surface area is 210 Å². The van der Waals surface area contributed by atoms with Gasteiger partial charge in [0, 0.05) is 30.5 Å². The Bertz CT molecular complexity index is 1260. The van der Waals surface area contributed by atoms with Gasteiger partial charge in [-0.05, 0) is 44.1 Å². The van der Waals surface area contributed by atoms with Gasteiger partial charge in [0.05, 0.1) is 11.0 Å². The van der Waals surface area contributed by atoms with Gasteiger partial charge in [0.2, 0.25) is 6.10 Å². The molecule has 2 aromatic rings. The summed E-state index contributed by atoms with van der Waals surface area (Å²) in [7, 11) is 2.01. The Balaban J connectivity index is 0.00000267. The number of hydrogen-bond donors (Lipinski definition) is 2. The van der Waals surface area contributed by atoms with E-state index in [9.17, 15) is 19.8 Å². The number of phenols is 1. The van der Waals surface area contributed by atoms with Crippen LogP contribution in [-0.2, 0) is 30.9 Å². The monoisotopic (exact) mass is 493 g/mol. The summed E-state index contributed by atoms with van der Waals surface area (Å²) in [5.74, 6) is -0.744. The molecular weight excluding hydrogens is 462 g/mol. The molecular formula is C28H31NO7. The lowest BCUT2D eigenvalue weighted by Gasteiger charge is -2.61. The number of likely N-dealkylation sites (tertiary alicyclic amines) is 1. The lowest BCUT2D eigenvalue weighted by atomic mass is 9.50. The van der Waals surface area contributed by atoms with E-state index in [0.717, 1.165) is 17.7 Å². The molecule has 190 valence electrons. The van der Waals surface area contributed by atoms with Crippen LogP contribution in [0.2, 0.25) is 0 Å². The lowest BCUT2D eigenvalue weighted by Crippen LogP contribution is -2.74. The van der Waals surface area contributed by atoms with Crippen molar-refractivity contribution in [2.24, 2.45) is 0 Å². The van der Waals surface area contributed by atoms with Gasteiger partial charge < -0.3 is 29.3 Å². The average Bonchev–Trinajstić information content (AvgIpc) is 3.20. The molecule has 4 aliphatic rings. The number of piperidine rings is 1. The summed E-state index contributed by atoms with van der Waals surface area (Å²) in [5, 5.41) is 22.8. The smallest absolute Gasteiger partial charge is 0.357 e. The number of ether oxygens (including phenoxy) is 3. The van der Waals surface area contributed by atoms with E-state index in [0.29, 0.717) is 24.2 Å². The van der Waals surface area contributed by atoms with E-state index in [1.165, 1.54) is 6.92 Å². The number of carbonyl (C=O) groups excluding carboxylic acids is 2. The molecule has 0 unspecified atom stereocenters. The molecule has 8 heteroatoms. The Kier molecular flexibility index (Phi) is 5.65. The summed E-state index contributed by atoms with van der Waals surface area (Å²) in [6, 6.07) is 12.0. The molecule has 2 bridgehead atoms. The van der Waals surface area contributed by atoms with Crippen LogP contribution < -0.4 is 4.74 Å². The summed E-state index contributed by atoms with van der Waals surface area (Å²) in [4.78, 5) is 27.3. The van der Waals surface area contributed by atoms with Crippen LogP contribution in [0.4, 0.5) is 0 Å². The topological polar surface area (TPSA) is 106 Å². The van der Waals surface area contributed by atoms with Crippen LogP contribution in [0.25, 0.3) is 0 Å². The lowest BCUT2D eigenvalue weighted by molar-refractivity contribution is -0.176. The van der Waals surface area contributed by atoms with E-state index in [-0.39, 0.29) is 31.4 Å². The number of hydrogen-bond acceptors (Lipinski definition) is 8. The standard InChI is InChI=1S/C27H27NO7.CH4/c1-15(29)33-22(16-6-4-3-5-7-16)25(31)34-19-10-11-27(32)20-14-17-8-9-18(30)23-21(17)26(27,24(19)35-23)12-13-28(20)2;/h3-10,20,22,24,30,32H,11-14H2,1-2H3;1H4/t20-,22+,24+,26+,27-;/m1./s1. The number of likely N-dealkylation sites (N-methyl/N-ethyl adjacent to an activating group) is 1. The van der Waals surface area contributed by atoms with Crippen molar-refractivity contribution < 1.29 is 34.0 Å². The van der Waals surface area contributed by atoms with Gasteiger partial charge in [-0.1, -0.05) is 43.8 Å². The van der Waals surface area contributed by atoms with Crippen molar-refractivity contribution >= 4 is 11.9 Å². The minimum Gasteiger partial charge on any atom is -0.504 e. The highest BCUT2D eigenvalue weighted by Crippen LogP contribution is 2.65.